The number of hydrogen-bond acceptors (Lipinski definition) is 5. The van der Waals surface area contributed by atoms with Gasteiger partial charge < -0.3 is 9.84 Å². The van der Waals surface area contributed by atoms with E-state index in [1.807, 2.05) is 0 Å². The van der Waals surface area contributed by atoms with E-state index in [0.717, 1.165) is 0 Å². The van der Waals surface area contributed by atoms with Crippen LogP contribution < -0.4 is 4.74 Å². The van der Waals surface area contributed by atoms with Crippen molar-refractivity contribution in [2.45, 2.75) is 0 Å². The Hall–Kier alpha value is -2.96. The molecular weight excluding hydrogens is 252 g/mol. The van der Waals surface area contributed by atoms with Crippen LogP contribution in [0.1, 0.15) is 10.4 Å². The second-order valence-corrected chi connectivity index (χ2v) is 3.51. The summed E-state index contributed by atoms with van der Waals surface area (Å²) in [4.78, 5) is 24.8. The largest absolute Gasteiger partial charge is 0.478 e. The molecule has 0 aliphatic heterocycles. The van der Waals surface area contributed by atoms with E-state index in [1.165, 1.54) is 36.5 Å². The van der Waals surface area contributed by atoms with Crippen LogP contribution in [0.25, 0.3) is 0 Å². The highest BCUT2D eigenvalue weighted by Crippen LogP contribution is 2.29. The van der Waals surface area contributed by atoms with Crippen molar-refractivity contribution < 1.29 is 19.6 Å². The lowest BCUT2D eigenvalue weighted by Crippen LogP contribution is -1.98. The average Bonchev–Trinajstić information content (AvgIpc) is 2.39. The van der Waals surface area contributed by atoms with Gasteiger partial charge in [-0.2, -0.15) is 0 Å². The average molecular weight is 260 g/mol. The monoisotopic (exact) mass is 260 g/mol. The molecule has 0 radical (unpaired) electrons. The van der Waals surface area contributed by atoms with E-state index in [9.17, 15) is 14.9 Å². The number of benzene rings is 1. The zero-order valence-electron chi connectivity index (χ0n) is 9.52. The van der Waals surface area contributed by atoms with Gasteiger partial charge in [-0.05, 0) is 12.1 Å². The minimum atomic E-state index is -1.13. The van der Waals surface area contributed by atoms with Crippen molar-refractivity contribution in [1.82, 2.24) is 4.98 Å². The molecule has 0 unspecified atom stereocenters. The number of nitrogens with zero attached hydrogens (tertiary/aromatic N) is 2. The van der Waals surface area contributed by atoms with Crippen molar-refractivity contribution in [3.63, 3.8) is 0 Å². The van der Waals surface area contributed by atoms with E-state index in [-0.39, 0.29) is 22.9 Å². The SMILES string of the molecule is O=C(O)c1ccnc(Oc2ccccc2[N+](=O)[O-])c1. The molecule has 0 fully saturated rings. The van der Waals surface area contributed by atoms with Crippen LogP contribution in [0.15, 0.2) is 42.6 Å². The highest BCUT2D eigenvalue weighted by atomic mass is 16.6. The summed E-state index contributed by atoms with van der Waals surface area (Å²) < 4.78 is 5.25. The van der Waals surface area contributed by atoms with Crippen molar-refractivity contribution in [3.05, 3.63) is 58.3 Å². The Balaban J connectivity index is 2.34. The number of aromatic carboxylic acids is 1. The third-order valence-corrected chi connectivity index (χ3v) is 2.26. The summed E-state index contributed by atoms with van der Waals surface area (Å²) in [6, 6.07) is 8.27. The number of hydrogen-bond donors (Lipinski definition) is 1. The van der Waals surface area contributed by atoms with Gasteiger partial charge in [0, 0.05) is 18.3 Å². The second-order valence-electron chi connectivity index (χ2n) is 3.51. The molecule has 7 heteroatoms. The number of nitro benzene ring substituents is 1. The summed E-state index contributed by atoms with van der Waals surface area (Å²) >= 11 is 0. The van der Waals surface area contributed by atoms with E-state index >= 15 is 0 Å². The lowest BCUT2D eigenvalue weighted by molar-refractivity contribution is -0.385. The summed E-state index contributed by atoms with van der Waals surface area (Å²) in [7, 11) is 0. The topological polar surface area (TPSA) is 103 Å². The van der Waals surface area contributed by atoms with Crippen molar-refractivity contribution >= 4 is 11.7 Å². The van der Waals surface area contributed by atoms with Gasteiger partial charge in [0.2, 0.25) is 11.6 Å². The molecule has 2 rings (SSSR count). The fourth-order valence-corrected chi connectivity index (χ4v) is 1.41. The first-order chi connectivity index (χ1) is 9.08. The van der Waals surface area contributed by atoms with E-state index in [1.54, 1.807) is 6.07 Å². The number of rotatable bonds is 4. The van der Waals surface area contributed by atoms with Crippen LogP contribution in [0, 0.1) is 10.1 Å². The quantitative estimate of drug-likeness (QED) is 0.669. The lowest BCUT2D eigenvalue weighted by atomic mass is 10.2. The molecular formula is C12H8N2O5. The van der Waals surface area contributed by atoms with Crippen LogP contribution in [0.3, 0.4) is 0 Å². The second kappa shape index (κ2) is 5.13. The summed E-state index contributed by atoms with van der Waals surface area (Å²) in [5, 5.41) is 19.6. The van der Waals surface area contributed by atoms with Crippen LogP contribution in [0.5, 0.6) is 11.6 Å². The van der Waals surface area contributed by atoms with Gasteiger partial charge in [-0.25, -0.2) is 9.78 Å². The van der Waals surface area contributed by atoms with Gasteiger partial charge in [0.05, 0.1) is 10.5 Å². The smallest absolute Gasteiger partial charge is 0.335 e. The van der Waals surface area contributed by atoms with E-state index in [0.29, 0.717) is 0 Å². The molecule has 0 saturated heterocycles. The van der Waals surface area contributed by atoms with Gasteiger partial charge in [0.15, 0.2) is 0 Å². The standard InChI is InChI=1S/C12H8N2O5/c15-12(16)8-5-6-13-11(7-8)19-10-4-2-1-3-9(10)14(17)18/h1-7H,(H,15,16). The molecule has 7 nitrogen and oxygen atoms in total. The Labute approximate surface area is 107 Å². The lowest BCUT2D eigenvalue weighted by Gasteiger charge is -2.05. The van der Waals surface area contributed by atoms with Crippen LogP contribution in [0.4, 0.5) is 5.69 Å². The normalized spacial score (nSPS) is 9.89. The molecule has 1 heterocycles. The first kappa shape index (κ1) is 12.5. The molecule has 96 valence electrons. The number of carboxylic acid groups (broad SMARTS) is 1. The number of nitro groups is 1. The van der Waals surface area contributed by atoms with Crippen LogP contribution in [-0.4, -0.2) is 21.0 Å². The summed E-state index contributed by atoms with van der Waals surface area (Å²) in [6.45, 7) is 0. The van der Waals surface area contributed by atoms with E-state index < -0.39 is 10.9 Å². The third-order valence-electron chi connectivity index (χ3n) is 2.26. The van der Waals surface area contributed by atoms with Crippen LogP contribution in [-0.2, 0) is 0 Å². The van der Waals surface area contributed by atoms with Gasteiger partial charge in [-0.15, -0.1) is 0 Å². The molecule has 0 spiro atoms. The van der Waals surface area contributed by atoms with Crippen molar-refractivity contribution in [3.8, 4) is 11.6 Å². The molecule has 0 amide bonds. The van der Waals surface area contributed by atoms with Crippen LogP contribution in [0.2, 0.25) is 0 Å². The fourth-order valence-electron chi connectivity index (χ4n) is 1.41. The molecule has 0 aliphatic carbocycles. The first-order valence-electron chi connectivity index (χ1n) is 5.18. The van der Waals surface area contributed by atoms with Gasteiger partial charge in [-0.1, -0.05) is 12.1 Å². The van der Waals surface area contributed by atoms with Crippen molar-refractivity contribution in [1.29, 1.82) is 0 Å². The molecule has 2 aromatic rings. The predicted molar refractivity (Wildman–Crippen MR) is 64.4 cm³/mol. The van der Waals surface area contributed by atoms with Crippen LogP contribution >= 0.6 is 0 Å². The van der Waals surface area contributed by atoms with E-state index in [2.05, 4.69) is 4.98 Å². The minimum Gasteiger partial charge on any atom is -0.478 e. The Bertz CT molecular complexity index is 642. The number of carbonyl (C=O) groups is 1. The maximum Gasteiger partial charge on any atom is 0.335 e. The molecule has 0 aliphatic rings. The van der Waals surface area contributed by atoms with Crippen molar-refractivity contribution in [2.75, 3.05) is 0 Å². The fraction of sp³-hybridized carbons (Fsp3) is 0. The van der Waals surface area contributed by atoms with Gasteiger partial charge in [-0.3, -0.25) is 10.1 Å². The number of aromatic nitrogens is 1. The Kier molecular flexibility index (Phi) is 3.37. The summed E-state index contributed by atoms with van der Waals surface area (Å²) in [5.74, 6) is -1.15. The maximum atomic E-state index is 10.8. The van der Waals surface area contributed by atoms with Gasteiger partial charge in [0.1, 0.15) is 0 Å². The highest BCUT2D eigenvalue weighted by Gasteiger charge is 2.15. The van der Waals surface area contributed by atoms with E-state index in [4.69, 9.17) is 9.84 Å². The predicted octanol–water partition coefficient (Wildman–Crippen LogP) is 2.48. The molecule has 1 aromatic carbocycles. The zero-order chi connectivity index (χ0) is 13.8. The molecule has 0 saturated carbocycles. The zero-order valence-corrected chi connectivity index (χ0v) is 9.52. The van der Waals surface area contributed by atoms with Gasteiger partial charge in [0.25, 0.3) is 0 Å². The number of para-hydroxylation sites is 2. The first-order valence-corrected chi connectivity index (χ1v) is 5.18. The molecule has 0 atom stereocenters. The third kappa shape index (κ3) is 2.83. The Morgan fingerprint density at radius 1 is 1.32 bits per heavy atom. The number of carboxylic acids is 1. The van der Waals surface area contributed by atoms with Crippen molar-refractivity contribution in [2.24, 2.45) is 0 Å². The maximum absolute atomic E-state index is 10.8. The minimum absolute atomic E-state index is 0.00235. The summed E-state index contributed by atoms with van der Waals surface area (Å²) in [6.07, 6.45) is 1.26. The Morgan fingerprint density at radius 3 is 2.74 bits per heavy atom. The number of pyridine rings is 1. The molecule has 19 heavy (non-hydrogen) atoms. The van der Waals surface area contributed by atoms with Gasteiger partial charge >= 0.3 is 11.7 Å². The summed E-state index contributed by atoms with van der Waals surface area (Å²) in [5.41, 5.74) is -0.228. The highest BCUT2D eigenvalue weighted by molar-refractivity contribution is 5.87. The molecule has 0 bridgehead atoms. The molecule has 1 N–H and O–H groups in total. The molecule has 1 aromatic heterocycles. The Morgan fingerprint density at radius 2 is 2.05 bits per heavy atom. The number of ether oxygens (including phenoxy) is 1.